The number of sulfone groups is 4. The van der Waals surface area contributed by atoms with Crippen LogP contribution in [0.5, 0.6) is 0 Å². The molecule has 0 aliphatic rings. The molecule has 8 nitrogen and oxygen atoms in total. The molecule has 0 aliphatic carbocycles. The molecule has 0 atom stereocenters. The third-order valence-electron chi connectivity index (χ3n) is 12.5. The first-order valence-electron chi connectivity index (χ1n) is 25.7. The highest BCUT2D eigenvalue weighted by Crippen LogP contribution is 2.51. The Morgan fingerprint density at radius 1 is 0.266 bits per heavy atom. The highest BCUT2D eigenvalue weighted by molar-refractivity contribution is 7.95. The quantitative estimate of drug-likeness (QED) is 0.0601. The Hall–Kier alpha value is -0.800. The smallest absolute Gasteiger partial charge is 0.181 e. The Balaban J connectivity index is 2.67. The summed E-state index contributed by atoms with van der Waals surface area (Å²) in [6.45, 7) is 11.9. The summed E-state index contributed by atoms with van der Waals surface area (Å²) in [5.41, 5.74) is 0. The second-order valence-electron chi connectivity index (χ2n) is 18.5. The lowest BCUT2D eigenvalue weighted by Gasteiger charge is -2.13. The summed E-state index contributed by atoms with van der Waals surface area (Å²) in [5.74, 6) is -0.936. The minimum atomic E-state index is -4.25. The monoisotopic (exact) mass is 1010 g/mol. The largest absolute Gasteiger partial charge is 0.224 e. The lowest BCUT2D eigenvalue weighted by molar-refractivity contribution is 0.565. The Labute approximate surface area is 402 Å². The van der Waals surface area contributed by atoms with Gasteiger partial charge in [0.1, 0.15) is 9.79 Å². The van der Waals surface area contributed by atoms with Crippen LogP contribution < -0.4 is 0 Å². The van der Waals surface area contributed by atoms with Crippen molar-refractivity contribution < 1.29 is 33.7 Å². The van der Waals surface area contributed by atoms with E-state index in [4.69, 9.17) is 0 Å². The van der Waals surface area contributed by atoms with E-state index in [1.807, 2.05) is 0 Å². The Kier molecular flexibility index (Phi) is 29.7. The zero-order valence-corrected chi connectivity index (χ0v) is 46.1. The second kappa shape index (κ2) is 32.1. The predicted molar refractivity (Wildman–Crippen MR) is 276 cm³/mol. The van der Waals surface area contributed by atoms with E-state index < -0.39 is 39.3 Å². The van der Waals surface area contributed by atoms with E-state index in [0.717, 1.165) is 151 Å². The van der Waals surface area contributed by atoms with Crippen LogP contribution in [-0.4, -0.2) is 56.7 Å². The average molecular weight is 1010 g/mol. The van der Waals surface area contributed by atoms with E-state index in [2.05, 4.69) is 27.7 Å². The molecule has 0 amide bonds. The van der Waals surface area contributed by atoms with Crippen molar-refractivity contribution in [1.29, 1.82) is 0 Å². The molecule has 374 valence electrons. The van der Waals surface area contributed by atoms with Crippen LogP contribution in [0.25, 0.3) is 9.75 Å². The van der Waals surface area contributed by atoms with Gasteiger partial charge in [-0.3, -0.25) is 0 Å². The lowest BCUT2D eigenvalue weighted by atomic mass is 10.1. The zero-order valence-electron chi connectivity index (χ0n) is 41.2. The van der Waals surface area contributed by atoms with Crippen LogP contribution in [-0.2, 0) is 39.3 Å². The normalized spacial score (nSPS) is 12.8. The van der Waals surface area contributed by atoms with E-state index in [1.165, 1.54) is 25.7 Å². The van der Waals surface area contributed by atoms with E-state index in [0.29, 0.717) is 61.1 Å². The van der Waals surface area contributed by atoms with Gasteiger partial charge in [-0.25, -0.2) is 33.7 Å². The molecule has 0 radical (unpaired) electrons. The number of aryl methyl sites for hydroxylation is 2. The van der Waals surface area contributed by atoms with Gasteiger partial charge in [0.15, 0.2) is 39.3 Å². The van der Waals surface area contributed by atoms with Gasteiger partial charge >= 0.3 is 0 Å². The molecule has 0 fully saturated rings. The zero-order chi connectivity index (χ0) is 47.5. The second-order valence-corrected chi connectivity index (χ2v) is 29.1. The number of rotatable bonds is 41. The van der Waals surface area contributed by atoms with Gasteiger partial charge in [0.25, 0.3) is 0 Å². The lowest BCUT2D eigenvalue weighted by Crippen LogP contribution is -2.16. The molecule has 0 spiro atoms. The van der Waals surface area contributed by atoms with Crippen LogP contribution >= 0.6 is 22.7 Å². The summed E-state index contributed by atoms with van der Waals surface area (Å²) in [5, 5.41) is 0. The summed E-state index contributed by atoms with van der Waals surface area (Å²) >= 11 is 1.97. The van der Waals surface area contributed by atoms with Gasteiger partial charge in [0, 0.05) is 9.75 Å². The summed E-state index contributed by atoms with van der Waals surface area (Å²) < 4.78 is 117. The van der Waals surface area contributed by atoms with Crippen molar-refractivity contribution in [2.45, 2.75) is 267 Å². The van der Waals surface area contributed by atoms with Crippen LogP contribution in [0.15, 0.2) is 19.6 Å². The Bertz CT molecular complexity index is 1880. The maximum atomic E-state index is 14.7. The summed E-state index contributed by atoms with van der Waals surface area (Å²) in [7, 11) is -16.7. The fourth-order valence-corrected chi connectivity index (χ4v) is 21.1. The first kappa shape index (κ1) is 59.3. The molecular weight excluding hydrogens is 921 g/mol. The highest BCUT2D eigenvalue weighted by Gasteiger charge is 2.40. The SMILES string of the molecule is CCCCCCCCCCS(=O)(=O)c1c(C)sc(-c2sc(C)c(S(=O)(=O)CCCCCCCCCC)c2S(=O)(=O)CCCCCCCCCC)c1S(=O)(=O)CCCCCCCCCC. The van der Waals surface area contributed by atoms with Gasteiger partial charge in [-0.1, -0.05) is 207 Å². The van der Waals surface area contributed by atoms with E-state index in [-0.39, 0.29) is 52.3 Å². The minimum absolute atomic E-state index is 0.0580. The number of hydrogen-bond acceptors (Lipinski definition) is 10. The fraction of sp³-hybridized carbons (Fsp3) is 0.840. The van der Waals surface area contributed by atoms with E-state index in [9.17, 15) is 33.7 Å². The van der Waals surface area contributed by atoms with E-state index in [1.54, 1.807) is 13.8 Å². The van der Waals surface area contributed by atoms with Gasteiger partial charge in [-0.05, 0) is 39.5 Å². The van der Waals surface area contributed by atoms with Gasteiger partial charge < -0.3 is 0 Å². The van der Waals surface area contributed by atoms with Crippen LogP contribution in [0.4, 0.5) is 0 Å². The van der Waals surface area contributed by atoms with Crippen molar-refractivity contribution in [1.82, 2.24) is 0 Å². The van der Waals surface area contributed by atoms with Gasteiger partial charge in [0.2, 0.25) is 0 Å². The first-order chi connectivity index (χ1) is 30.5. The molecule has 0 saturated heterocycles. The Morgan fingerprint density at radius 2 is 0.438 bits per heavy atom. The molecule has 0 aliphatic heterocycles. The maximum Gasteiger partial charge on any atom is 0.181 e. The molecule has 14 heteroatoms. The molecule has 0 unspecified atom stereocenters. The topological polar surface area (TPSA) is 137 Å². The maximum absolute atomic E-state index is 14.7. The Morgan fingerprint density at radius 3 is 0.641 bits per heavy atom. The molecule has 2 heterocycles. The van der Waals surface area contributed by atoms with Crippen molar-refractivity contribution in [2.75, 3.05) is 23.0 Å². The summed E-state index contributed by atoms with van der Waals surface area (Å²) in [6.07, 6.45) is 30.2. The molecule has 64 heavy (non-hydrogen) atoms. The molecule has 0 bridgehead atoms. The van der Waals surface area contributed by atoms with Crippen LogP contribution in [0.2, 0.25) is 0 Å². The number of thiophene rings is 2. The molecule has 2 aromatic rings. The van der Waals surface area contributed by atoms with Gasteiger partial charge in [-0.15, -0.1) is 22.7 Å². The highest BCUT2D eigenvalue weighted by atomic mass is 32.2. The predicted octanol–water partition coefficient (Wildman–Crippen LogP) is 15.8. The minimum Gasteiger partial charge on any atom is -0.224 e. The van der Waals surface area contributed by atoms with E-state index >= 15 is 0 Å². The van der Waals surface area contributed by atoms with Crippen molar-refractivity contribution >= 4 is 62.0 Å². The van der Waals surface area contributed by atoms with Crippen molar-refractivity contribution in [3.8, 4) is 9.75 Å². The molecule has 0 aromatic carbocycles. The molecule has 0 saturated carbocycles. The van der Waals surface area contributed by atoms with Crippen molar-refractivity contribution in [2.24, 2.45) is 0 Å². The first-order valence-corrected chi connectivity index (χ1v) is 33.9. The van der Waals surface area contributed by atoms with Crippen LogP contribution in [0, 0.1) is 13.8 Å². The van der Waals surface area contributed by atoms with Crippen LogP contribution in [0.3, 0.4) is 0 Å². The van der Waals surface area contributed by atoms with Crippen molar-refractivity contribution in [3.05, 3.63) is 9.75 Å². The molecule has 0 N–H and O–H groups in total. The number of unbranched alkanes of at least 4 members (excludes halogenated alkanes) is 28. The number of hydrogen-bond donors (Lipinski definition) is 0. The standard InChI is InChI=1S/C50H90O8S6/c1-7-11-15-19-23-27-31-35-39-61(51,52)47-43(5)59-45(49(47)63(55,56)41-37-33-29-25-21-17-13-9-3)46-50(64(57,58)42-38-34-30-26-22-18-14-10-4)48(44(6)60-46)62(53,54)40-36-32-28-24-20-16-12-8-2/h7-42H2,1-6H3. The van der Waals surface area contributed by atoms with Crippen molar-refractivity contribution in [3.63, 3.8) is 0 Å². The van der Waals surface area contributed by atoms with Gasteiger partial charge in [0.05, 0.1) is 42.6 Å². The molecular formula is C50H90O8S6. The summed E-state index contributed by atoms with van der Waals surface area (Å²) in [6, 6.07) is 0. The molecule has 2 rings (SSSR count). The average Bonchev–Trinajstić information content (AvgIpc) is 3.80. The molecule has 2 aromatic heterocycles. The van der Waals surface area contributed by atoms with Crippen LogP contribution in [0.1, 0.15) is 243 Å². The van der Waals surface area contributed by atoms with Gasteiger partial charge in [-0.2, -0.15) is 0 Å². The third kappa shape index (κ3) is 20.8. The third-order valence-corrected chi connectivity index (χ3v) is 23.3. The fourth-order valence-electron chi connectivity index (χ4n) is 8.71. The summed E-state index contributed by atoms with van der Waals surface area (Å²) in [4.78, 5) is -0.393.